The van der Waals surface area contributed by atoms with E-state index >= 15 is 0 Å². The summed E-state index contributed by atoms with van der Waals surface area (Å²) in [5.74, 6) is -0.776. The Morgan fingerprint density at radius 3 is 1.41 bits per heavy atom. The number of unbranched alkanes of at least 4 members (excludes halogenated alkanes) is 2. The number of ether oxygens (including phenoxy) is 4. The summed E-state index contributed by atoms with van der Waals surface area (Å²) in [6.45, 7) is 8.64. The van der Waals surface area contributed by atoms with Crippen LogP contribution in [-0.4, -0.2) is 38.4 Å². The Labute approximate surface area is 132 Å². The highest BCUT2D eigenvalue weighted by Crippen LogP contribution is 2.00. The van der Waals surface area contributed by atoms with Gasteiger partial charge in [0.25, 0.3) is 0 Å². The van der Waals surface area contributed by atoms with Gasteiger partial charge in [0, 0.05) is 0 Å². The van der Waals surface area contributed by atoms with Gasteiger partial charge in [0.05, 0.1) is 51.8 Å². The van der Waals surface area contributed by atoms with E-state index in [1.165, 1.54) is 12.5 Å². The highest BCUT2D eigenvalue weighted by molar-refractivity contribution is 5.77. The normalized spacial score (nSPS) is 9.64. The van der Waals surface area contributed by atoms with Crippen LogP contribution in [0.2, 0.25) is 0 Å². The molecule has 0 aliphatic rings. The lowest BCUT2D eigenvalue weighted by atomic mass is 10.3. The van der Waals surface area contributed by atoms with Crippen molar-refractivity contribution in [3.05, 3.63) is 25.7 Å². The first-order valence-electron chi connectivity index (χ1n) is 7.47. The van der Waals surface area contributed by atoms with Crippen molar-refractivity contribution in [3.63, 3.8) is 0 Å². The van der Waals surface area contributed by atoms with Crippen molar-refractivity contribution in [1.82, 2.24) is 0 Å². The quantitative estimate of drug-likeness (QED) is 0.263. The Hall–Kier alpha value is -1.98. The van der Waals surface area contributed by atoms with E-state index in [9.17, 15) is 9.59 Å². The van der Waals surface area contributed by atoms with E-state index in [2.05, 4.69) is 13.2 Å². The number of rotatable bonds is 15. The third kappa shape index (κ3) is 14.4. The Morgan fingerprint density at radius 2 is 1.05 bits per heavy atom. The molecule has 0 amide bonds. The molecule has 0 aliphatic heterocycles. The molecule has 0 saturated carbocycles. The van der Waals surface area contributed by atoms with E-state index in [1.54, 1.807) is 0 Å². The Kier molecular flexibility index (Phi) is 14.0. The molecular weight excluding hydrogens is 288 g/mol. The van der Waals surface area contributed by atoms with Crippen LogP contribution in [-0.2, 0) is 28.5 Å². The number of carbonyl (C=O) groups is 2. The molecule has 126 valence electrons. The molecule has 0 radical (unpaired) electrons. The lowest BCUT2D eigenvalue weighted by Crippen LogP contribution is -2.11. The Bertz CT molecular complexity index is 295. The molecule has 0 fully saturated rings. The summed E-state index contributed by atoms with van der Waals surface area (Å²) in [7, 11) is 0. The number of carbonyl (C=O) groups excluding carboxylic acids is 2. The van der Waals surface area contributed by atoms with Crippen molar-refractivity contribution in [2.24, 2.45) is 0 Å². The highest BCUT2D eigenvalue weighted by Gasteiger charge is 2.08. The molecule has 0 aliphatic carbocycles. The summed E-state index contributed by atoms with van der Waals surface area (Å²) in [4.78, 5) is 22.8. The third-order valence-corrected chi connectivity index (χ3v) is 2.61. The molecule has 22 heavy (non-hydrogen) atoms. The molecule has 0 rings (SSSR count). The van der Waals surface area contributed by atoms with Crippen molar-refractivity contribution in [2.75, 3.05) is 26.4 Å². The minimum atomic E-state index is -0.388. The smallest absolute Gasteiger partial charge is 0.306 e. The van der Waals surface area contributed by atoms with Crippen molar-refractivity contribution >= 4 is 11.9 Å². The van der Waals surface area contributed by atoms with Crippen LogP contribution in [0.25, 0.3) is 0 Å². The highest BCUT2D eigenvalue weighted by atomic mass is 16.5. The molecule has 0 aromatic heterocycles. The summed E-state index contributed by atoms with van der Waals surface area (Å²) >= 11 is 0. The van der Waals surface area contributed by atoms with E-state index in [0.717, 1.165) is 25.7 Å². The second-order valence-electron chi connectivity index (χ2n) is 4.43. The molecule has 6 heteroatoms. The predicted octanol–water partition coefficient (Wildman–Crippen LogP) is 2.73. The molecule has 0 bridgehead atoms. The second-order valence-corrected chi connectivity index (χ2v) is 4.43. The molecular formula is C16H26O6. The maximum absolute atomic E-state index is 11.4. The number of hydrogen-bond acceptors (Lipinski definition) is 6. The van der Waals surface area contributed by atoms with Crippen LogP contribution >= 0.6 is 0 Å². The van der Waals surface area contributed by atoms with Crippen LogP contribution in [0.3, 0.4) is 0 Å². The summed E-state index contributed by atoms with van der Waals surface area (Å²) in [6, 6.07) is 0. The maximum Gasteiger partial charge on any atom is 0.306 e. The zero-order valence-electron chi connectivity index (χ0n) is 13.1. The van der Waals surface area contributed by atoms with Crippen molar-refractivity contribution in [3.8, 4) is 0 Å². The van der Waals surface area contributed by atoms with E-state index in [1.807, 2.05) is 0 Å². The van der Waals surface area contributed by atoms with Gasteiger partial charge in [-0.05, 0) is 25.7 Å². The van der Waals surface area contributed by atoms with E-state index in [-0.39, 0.29) is 24.8 Å². The maximum atomic E-state index is 11.4. The van der Waals surface area contributed by atoms with Gasteiger partial charge in [-0.2, -0.15) is 0 Å². The largest absolute Gasteiger partial charge is 0.502 e. The Balaban J connectivity index is 3.39. The number of esters is 2. The van der Waals surface area contributed by atoms with Gasteiger partial charge in [-0.15, -0.1) is 0 Å². The lowest BCUT2D eigenvalue weighted by molar-refractivity contribution is -0.150. The van der Waals surface area contributed by atoms with Crippen LogP contribution < -0.4 is 0 Å². The van der Waals surface area contributed by atoms with Crippen LogP contribution in [0.4, 0.5) is 0 Å². The van der Waals surface area contributed by atoms with Crippen LogP contribution in [0.1, 0.15) is 38.5 Å². The third-order valence-electron chi connectivity index (χ3n) is 2.61. The summed E-state index contributed by atoms with van der Waals surface area (Å²) in [5.41, 5.74) is 0. The van der Waals surface area contributed by atoms with Gasteiger partial charge in [0.15, 0.2) is 0 Å². The fraction of sp³-hybridized carbons (Fsp3) is 0.625. The van der Waals surface area contributed by atoms with Gasteiger partial charge in [0.2, 0.25) is 0 Å². The Morgan fingerprint density at radius 1 is 0.682 bits per heavy atom. The van der Waals surface area contributed by atoms with Crippen molar-refractivity contribution < 1.29 is 28.5 Å². The molecule has 0 aromatic carbocycles. The van der Waals surface area contributed by atoms with Crippen LogP contribution in [0.5, 0.6) is 0 Å². The molecule has 0 unspecified atom stereocenters. The average molecular weight is 314 g/mol. The molecule has 0 saturated heterocycles. The van der Waals surface area contributed by atoms with E-state index < -0.39 is 0 Å². The molecule has 0 aromatic rings. The lowest BCUT2D eigenvalue weighted by Gasteiger charge is -2.06. The standard InChI is InChI=1S/C16H26O6/c1-3-19-11-5-7-13-21-15(17)9-10-16(18)22-14-8-6-12-20-4-2/h3-4H,1-2,5-14H2. The molecule has 0 atom stereocenters. The molecule has 6 nitrogen and oxygen atoms in total. The second kappa shape index (κ2) is 15.4. The average Bonchev–Trinajstić information content (AvgIpc) is 2.52. The van der Waals surface area contributed by atoms with Gasteiger partial charge in [-0.3, -0.25) is 9.59 Å². The van der Waals surface area contributed by atoms with Gasteiger partial charge in [-0.25, -0.2) is 0 Å². The fourth-order valence-electron chi connectivity index (χ4n) is 1.46. The van der Waals surface area contributed by atoms with Gasteiger partial charge in [-0.1, -0.05) is 13.2 Å². The SMILES string of the molecule is C=COCCCCOC(=O)CCC(=O)OCCCCOC=C. The molecule has 0 heterocycles. The summed E-state index contributed by atoms with van der Waals surface area (Å²) in [6.07, 6.45) is 5.86. The van der Waals surface area contributed by atoms with Crippen molar-refractivity contribution in [1.29, 1.82) is 0 Å². The monoisotopic (exact) mass is 314 g/mol. The predicted molar refractivity (Wildman–Crippen MR) is 81.9 cm³/mol. The number of hydrogen-bond donors (Lipinski definition) is 0. The first-order chi connectivity index (χ1) is 10.7. The van der Waals surface area contributed by atoms with E-state index in [4.69, 9.17) is 18.9 Å². The summed E-state index contributed by atoms with van der Waals surface area (Å²) in [5, 5.41) is 0. The van der Waals surface area contributed by atoms with Gasteiger partial charge < -0.3 is 18.9 Å². The molecule has 0 N–H and O–H groups in total. The minimum Gasteiger partial charge on any atom is -0.502 e. The zero-order chi connectivity index (χ0) is 16.5. The fourth-order valence-corrected chi connectivity index (χ4v) is 1.46. The van der Waals surface area contributed by atoms with Crippen molar-refractivity contribution in [2.45, 2.75) is 38.5 Å². The first-order valence-corrected chi connectivity index (χ1v) is 7.47. The zero-order valence-corrected chi connectivity index (χ0v) is 13.1. The van der Waals surface area contributed by atoms with Gasteiger partial charge in [0.1, 0.15) is 0 Å². The van der Waals surface area contributed by atoms with Crippen LogP contribution in [0.15, 0.2) is 25.7 Å². The molecule has 0 spiro atoms. The van der Waals surface area contributed by atoms with Gasteiger partial charge >= 0.3 is 11.9 Å². The summed E-state index contributed by atoms with van der Waals surface area (Å²) < 4.78 is 19.9. The topological polar surface area (TPSA) is 71.1 Å². The minimum absolute atomic E-state index is 0.0432. The van der Waals surface area contributed by atoms with E-state index in [0.29, 0.717) is 26.4 Å². The van der Waals surface area contributed by atoms with Crippen LogP contribution in [0, 0.1) is 0 Å². The first kappa shape index (κ1) is 20.0.